The van der Waals surface area contributed by atoms with Gasteiger partial charge in [0.1, 0.15) is 0 Å². The summed E-state index contributed by atoms with van der Waals surface area (Å²) >= 11 is 3.55. The van der Waals surface area contributed by atoms with Gasteiger partial charge in [-0.2, -0.15) is 4.39 Å². The number of nitro benzene ring substituents is 1. The van der Waals surface area contributed by atoms with Crippen molar-refractivity contribution in [3.63, 3.8) is 0 Å². The molecule has 0 bridgehead atoms. The monoisotopic (exact) mass is 303 g/mol. The normalized spacial score (nSPS) is 12.4. The van der Waals surface area contributed by atoms with Crippen molar-refractivity contribution < 1.29 is 9.31 Å². The van der Waals surface area contributed by atoms with E-state index in [9.17, 15) is 14.5 Å². The van der Waals surface area contributed by atoms with Crippen LogP contribution in [0.15, 0.2) is 18.2 Å². The van der Waals surface area contributed by atoms with Crippen molar-refractivity contribution in [2.45, 2.75) is 37.4 Å². The average molecular weight is 304 g/mol. The lowest BCUT2D eigenvalue weighted by molar-refractivity contribution is -0.387. The van der Waals surface area contributed by atoms with E-state index in [1.54, 1.807) is 6.07 Å². The van der Waals surface area contributed by atoms with Crippen molar-refractivity contribution in [1.29, 1.82) is 0 Å². The second-order valence-corrected chi connectivity index (χ2v) is 5.26. The van der Waals surface area contributed by atoms with Gasteiger partial charge in [0.25, 0.3) is 0 Å². The van der Waals surface area contributed by atoms with Gasteiger partial charge >= 0.3 is 5.69 Å². The van der Waals surface area contributed by atoms with Gasteiger partial charge in [0.05, 0.1) is 4.92 Å². The SMILES string of the molecule is CCCC(Br)CCc1ccc([N+](=O)[O-])c(F)c1. The van der Waals surface area contributed by atoms with Crippen molar-refractivity contribution in [3.8, 4) is 0 Å². The van der Waals surface area contributed by atoms with E-state index in [1.165, 1.54) is 12.1 Å². The van der Waals surface area contributed by atoms with Gasteiger partial charge in [-0.1, -0.05) is 35.3 Å². The number of nitrogens with zero attached hydrogens (tertiary/aromatic N) is 1. The van der Waals surface area contributed by atoms with E-state index in [1.807, 2.05) is 0 Å². The predicted octanol–water partition coefficient (Wildman–Crippen LogP) is 4.23. The smallest absolute Gasteiger partial charge is 0.258 e. The molecule has 0 fully saturated rings. The van der Waals surface area contributed by atoms with Crippen LogP contribution < -0.4 is 0 Å². The Hall–Kier alpha value is -0.970. The number of hydrogen-bond donors (Lipinski definition) is 0. The Bertz CT molecular complexity index is 398. The first kappa shape index (κ1) is 14.1. The summed E-state index contributed by atoms with van der Waals surface area (Å²) in [5.41, 5.74) is 0.339. The van der Waals surface area contributed by atoms with Crippen LogP contribution in [0.25, 0.3) is 0 Å². The Balaban J connectivity index is 2.62. The van der Waals surface area contributed by atoms with E-state index < -0.39 is 16.4 Å². The highest BCUT2D eigenvalue weighted by atomic mass is 79.9. The van der Waals surface area contributed by atoms with E-state index in [-0.39, 0.29) is 0 Å². The summed E-state index contributed by atoms with van der Waals surface area (Å²) in [6.45, 7) is 2.11. The molecule has 0 radical (unpaired) electrons. The number of alkyl halides is 1. The molecule has 0 saturated carbocycles. The molecule has 0 N–H and O–H groups in total. The standard InChI is InChI=1S/C12H15BrFNO2/c1-2-3-10(13)6-4-9-5-7-12(15(16)17)11(14)8-9/h5,7-8,10H,2-4,6H2,1H3. The molecule has 5 heteroatoms. The number of hydrogen-bond acceptors (Lipinski definition) is 2. The largest absolute Gasteiger partial charge is 0.304 e. The summed E-state index contributed by atoms with van der Waals surface area (Å²) in [4.78, 5) is 10.2. The van der Waals surface area contributed by atoms with Gasteiger partial charge < -0.3 is 0 Å². The molecule has 0 amide bonds. The topological polar surface area (TPSA) is 43.1 Å². The molecule has 1 rings (SSSR count). The van der Waals surface area contributed by atoms with Crippen LogP contribution in [0, 0.1) is 15.9 Å². The van der Waals surface area contributed by atoms with Crippen LogP contribution in [0.1, 0.15) is 31.7 Å². The zero-order chi connectivity index (χ0) is 12.8. The third kappa shape index (κ3) is 4.42. The first-order valence-corrected chi connectivity index (χ1v) is 6.53. The molecule has 0 spiro atoms. The van der Waals surface area contributed by atoms with Gasteiger partial charge in [-0.05, 0) is 30.9 Å². The molecular weight excluding hydrogens is 289 g/mol. The number of halogens is 2. The fraction of sp³-hybridized carbons (Fsp3) is 0.500. The number of aryl methyl sites for hydroxylation is 1. The summed E-state index contributed by atoms with van der Waals surface area (Å²) < 4.78 is 13.3. The minimum atomic E-state index is -0.755. The van der Waals surface area contributed by atoms with E-state index >= 15 is 0 Å². The molecular formula is C12H15BrFNO2. The van der Waals surface area contributed by atoms with Gasteiger partial charge in [0.2, 0.25) is 5.82 Å². The van der Waals surface area contributed by atoms with E-state index in [4.69, 9.17) is 0 Å². The summed E-state index contributed by atoms with van der Waals surface area (Å²) in [6, 6.07) is 4.10. The van der Waals surface area contributed by atoms with E-state index in [0.717, 1.165) is 31.2 Å². The summed E-state index contributed by atoms with van der Waals surface area (Å²) in [6.07, 6.45) is 3.82. The molecule has 0 saturated heterocycles. The van der Waals surface area contributed by atoms with Crippen molar-refractivity contribution in [3.05, 3.63) is 39.7 Å². The Morgan fingerprint density at radius 2 is 2.18 bits per heavy atom. The highest BCUT2D eigenvalue weighted by Crippen LogP contribution is 2.21. The fourth-order valence-electron chi connectivity index (χ4n) is 1.63. The fourth-order valence-corrected chi connectivity index (χ4v) is 2.32. The lowest BCUT2D eigenvalue weighted by Crippen LogP contribution is -2.00. The summed E-state index contributed by atoms with van der Waals surface area (Å²) in [5, 5.41) is 10.4. The first-order chi connectivity index (χ1) is 8.04. The Kier molecular flexibility index (Phi) is 5.55. The molecule has 1 aromatic rings. The molecule has 1 aromatic carbocycles. The van der Waals surface area contributed by atoms with E-state index in [0.29, 0.717) is 4.83 Å². The van der Waals surface area contributed by atoms with Gasteiger partial charge in [-0.25, -0.2) is 0 Å². The van der Waals surface area contributed by atoms with Crippen LogP contribution >= 0.6 is 15.9 Å². The van der Waals surface area contributed by atoms with Crippen LogP contribution in [-0.4, -0.2) is 9.75 Å². The van der Waals surface area contributed by atoms with Crippen molar-refractivity contribution in [2.75, 3.05) is 0 Å². The number of nitro groups is 1. The molecule has 0 aromatic heterocycles. The molecule has 1 unspecified atom stereocenters. The Labute approximate surface area is 108 Å². The maximum atomic E-state index is 13.3. The Morgan fingerprint density at radius 3 is 2.71 bits per heavy atom. The maximum Gasteiger partial charge on any atom is 0.304 e. The molecule has 3 nitrogen and oxygen atoms in total. The molecule has 0 aliphatic heterocycles. The van der Waals surface area contributed by atoms with Gasteiger partial charge in [-0.15, -0.1) is 0 Å². The number of benzene rings is 1. The lowest BCUT2D eigenvalue weighted by Gasteiger charge is -2.07. The molecule has 0 heterocycles. The highest BCUT2D eigenvalue weighted by molar-refractivity contribution is 9.09. The second-order valence-electron chi connectivity index (χ2n) is 3.97. The van der Waals surface area contributed by atoms with Crippen LogP contribution in [0.5, 0.6) is 0 Å². The predicted molar refractivity (Wildman–Crippen MR) is 69.0 cm³/mol. The second kappa shape index (κ2) is 6.69. The number of rotatable bonds is 6. The molecule has 1 atom stereocenters. The summed E-state index contributed by atoms with van der Waals surface area (Å²) in [7, 11) is 0. The first-order valence-electron chi connectivity index (χ1n) is 5.61. The third-order valence-electron chi connectivity index (χ3n) is 2.56. The summed E-state index contributed by atoms with van der Waals surface area (Å²) in [5.74, 6) is -0.755. The van der Waals surface area contributed by atoms with Crippen molar-refractivity contribution in [2.24, 2.45) is 0 Å². The molecule has 0 aliphatic carbocycles. The molecule has 0 aliphatic rings. The lowest BCUT2D eigenvalue weighted by atomic mass is 10.1. The maximum absolute atomic E-state index is 13.3. The third-order valence-corrected chi connectivity index (χ3v) is 3.47. The average Bonchev–Trinajstić information content (AvgIpc) is 2.26. The zero-order valence-corrected chi connectivity index (χ0v) is 11.2. The minimum Gasteiger partial charge on any atom is -0.258 e. The highest BCUT2D eigenvalue weighted by Gasteiger charge is 2.14. The van der Waals surface area contributed by atoms with Crippen molar-refractivity contribution >= 4 is 21.6 Å². The van der Waals surface area contributed by atoms with Crippen LogP contribution in [0.3, 0.4) is 0 Å². The van der Waals surface area contributed by atoms with Crippen LogP contribution in [0.2, 0.25) is 0 Å². The van der Waals surface area contributed by atoms with Gasteiger partial charge in [0.15, 0.2) is 0 Å². The molecule has 17 heavy (non-hydrogen) atoms. The van der Waals surface area contributed by atoms with Crippen LogP contribution in [-0.2, 0) is 6.42 Å². The van der Waals surface area contributed by atoms with Gasteiger partial charge in [0, 0.05) is 10.9 Å². The quantitative estimate of drug-likeness (QED) is 0.448. The van der Waals surface area contributed by atoms with E-state index in [2.05, 4.69) is 22.9 Å². The van der Waals surface area contributed by atoms with Gasteiger partial charge in [-0.3, -0.25) is 10.1 Å². The molecule has 94 valence electrons. The van der Waals surface area contributed by atoms with Crippen LogP contribution in [0.4, 0.5) is 10.1 Å². The Morgan fingerprint density at radius 1 is 1.47 bits per heavy atom. The van der Waals surface area contributed by atoms with Crippen molar-refractivity contribution in [1.82, 2.24) is 0 Å². The zero-order valence-electron chi connectivity index (χ0n) is 9.66. The minimum absolute atomic E-state index is 0.422.